The fourth-order valence-electron chi connectivity index (χ4n) is 1.97. The molecule has 0 saturated carbocycles. The van der Waals surface area contributed by atoms with Gasteiger partial charge in [0.2, 0.25) is 0 Å². The van der Waals surface area contributed by atoms with Crippen LogP contribution in [0.25, 0.3) is 0 Å². The van der Waals surface area contributed by atoms with Crippen LogP contribution in [0.4, 0.5) is 0 Å². The Morgan fingerprint density at radius 3 is 2.89 bits per heavy atom. The Morgan fingerprint density at radius 1 is 1.37 bits per heavy atom. The van der Waals surface area contributed by atoms with E-state index in [1.165, 1.54) is 15.6 Å². The third-order valence-corrected chi connectivity index (χ3v) is 4.47. The first-order valence-corrected chi connectivity index (χ1v) is 7.73. The van der Waals surface area contributed by atoms with E-state index in [1.807, 2.05) is 18.7 Å². The Bertz CT molecular complexity index is 503. The number of thiazole rings is 1. The first-order valence-electron chi connectivity index (χ1n) is 6.91. The van der Waals surface area contributed by atoms with E-state index >= 15 is 0 Å². The summed E-state index contributed by atoms with van der Waals surface area (Å²) in [5, 5.41) is 4.69. The van der Waals surface area contributed by atoms with Crippen LogP contribution in [-0.2, 0) is 19.5 Å². The van der Waals surface area contributed by atoms with Crippen LogP contribution in [-0.4, -0.2) is 14.5 Å². The van der Waals surface area contributed by atoms with Crippen molar-refractivity contribution < 1.29 is 0 Å². The van der Waals surface area contributed by atoms with Crippen LogP contribution in [0.15, 0.2) is 18.7 Å². The van der Waals surface area contributed by atoms with Gasteiger partial charge in [0.15, 0.2) is 0 Å². The highest BCUT2D eigenvalue weighted by atomic mass is 32.1. The highest BCUT2D eigenvalue weighted by Gasteiger charge is 2.10. The quantitative estimate of drug-likeness (QED) is 0.846. The normalized spacial score (nSPS) is 12.8. The molecule has 2 heterocycles. The van der Waals surface area contributed by atoms with Gasteiger partial charge in [0.05, 0.1) is 18.1 Å². The minimum absolute atomic E-state index is 0.287. The summed E-state index contributed by atoms with van der Waals surface area (Å²) < 4.78 is 2.21. The number of rotatable bonds is 7. The van der Waals surface area contributed by atoms with Crippen molar-refractivity contribution in [1.82, 2.24) is 19.9 Å². The lowest BCUT2D eigenvalue weighted by Gasteiger charge is -2.12. The number of nitrogens with zero attached hydrogens (tertiary/aromatic N) is 3. The summed E-state index contributed by atoms with van der Waals surface area (Å²) in [4.78, 5) is 10.0. The second-order valence-corrected chi connectivity index (χ2v) is 5.85. The average molecular weight is 278 g/mol. The van der Waals surface area contributed by atoms with Crippen molar-refractivity contribution in [2.24, 2.45) is 0 Å². The van der Waals surface area contributed by atoms with Crippen molar-refractivity contribution >= 4 is 11.3 Å². The van der Waals surface area contributed by atoms with E-state index in [-0.39, 0.29) is 6.04 Å². The van der Waals surface area contributed by atoms with Crippen LogP contribution in [0.2, 0.25) is 0 Å². The predicted molar refractivity (Wildman–Crippen MR) is 79.3 cm³/mol. The van der Waals surface area contributed by atoms with Gasteiger partial charge in [0.1, 0.15) is 5.01 Å². The molecular weight excluding hydrogens is 256 g/mol. The lowest BCUT2D eigenvalue weighted by molar-refractivity contribution is 0.540. The molecule has 1 unspecified atom stereocenters. The van der Waals surface area contributed by atoms with E-state index in [9.17, 15) is 0 Å². The van der Waals surface area contributed by atoms with E-state index in [1.54, 1.807) is 11.3 Å². The maximum Gasteiger partial charge on any atom is 0.109 e. The lowest BCUT2D eigenvalue weighted by Crippen LogP contribution is -2.19. The molecule has 0 aliphatic carbocycles. The molecule has 1 N–H and O–H groups in total. The fourth-order valence-corrected chi connectivity index (χ4v) is 2.85. The molecule has 0 aliphatic rings. The van der Waals surface area contributed by atoms with Gasteiger partial charge >= 0.3 is 0 Å². The van der Waals surface area contributed by atoms with Crippen molar-refractivity contribution in [2.45, 2.75) is 52.7 Å². The van der Waals surface area contributed by atoms with Crippen LogP contribution in [0, 0.1) is 0 Å². The monoisotopic (exact) mass is 278 g/mol. The molecule has 5 heteroatoms. The second kappa shape index (κ2) is 6.82. The Kier molecular flexibility index (Phi) is 5.10. The highest BCUT2D eigenvalue weighted by molar-refractivity contribution is 7.11. The van der Waals surface area contributed by atoms with Gasteiger partial charge < -0.3 is 9.88 Å². The minimum atomic E-state index is 0.287. The molecule has 0 radical (unpaired) electrons. The minimum Gasteiger partial charge on any atom is -0.333 e. The molecule has 0 amide bonds. The zero-order valence-corrected chi connectivity index (χ0v) is 12.7. The molecule has 0 fully saturated rings. The molecular formula is C14H22N4S. The standard InChI is InChI=1S/C14H22N4S/c1-4-6-18-10-15-7-12(18)8-16-11(3)14-17-9-13(5-2)19-14/h7,9-11,16H,4-6,8H2,1-3H3. The van der Waals surface area contributed by atoms with Gasteiger partial charge in [0, 0.05) is 30.4 Å². The van der Waals surface area contributed by atoms with Gasteiger partial charge in [-0.25, -0.2) is 9.97 Å². The molecule has 0 spiro atoms. The molecule has 1 atom stereocenters. The zero-order valence-electron chi connectivity index (χ0n) is 11.9. The van der Waals surface area contributed by atoms with Gasteiger partial charge in [0.25, 0.3) is 0 Å². The third kappa shape index (κ3) is 3.64. The van der Waals surface area contributed by atoms with Gasteiger partial charge in [-0.2, -0.15) is 0 Å². The van der Waals surface area contributed by atoms with Crippen LogP contribution < -0.4 is 5.32 Å². The number of aryl methyl sites for hydroxylation is 2. The maximum absolute atomic E-state index is 4.48. The van der Waals surface area contributed by atoms with E-state index in [0.717, 1.165) is 25.9 Å². The van der Waals surface area contributed by atoms with E-state index in [2.05, 4.69) is 40.6 Å². The van der Waals surface area contributed by atoms with Gasteiger partial charge in [-0.1, -0.05) is 13.8 Å². The molecule has 2 rings (SSSR count). The summed E-state index contributed by atoms with van der Waals surface area (Å²) in [6.07, 6.45) is 8.02. The molecule has 2 aromatic rings. The largest absolute Gasteiger partial charge is 0.333 e. The van der Waals surface area contributed by atoms with Crippen molar-refractivity contribution in [3.05, 3.63) is 34.3 Å². The second-order valence-electron chi connectivity index (χ2n) is 4.70. The Morgan fingerprint density at radius 2 is 2.21 bits per heavy atom. The first-order chi connectivity index (χ1) is 9.24. The zero-order chi connectivity index (χ0) is 13.7. The van der Waals surface area contributed by atoms with Crippen molar-refractivity contribution in [1.29, 1.82) is 0 Å². The summed E-state index contributed by atoms with van der Waals surface area (Å²) in [6.45, 7) is 8.38. The van der Waals surface area contributed by atoms with Crippen molar-refractivity contribution in [3.63, 3.8) is 0 Å². The van der Waals surface area contributed by atoms with Crippen LogP contribution >= 0.6 is 11.3 Å². The summed E-state index contributed by atoms with van der Waals surface area (Å²) in [5.74, 6) is 0. The summed E-state index contributed by atoms with van der Waals surface area (Å²) in [6, 6.07) is 0.287. The molecule has 104 valence electrons. The van der Waals surface area contributed by atoms with Crippen LogP contribution in [0.1, 0.15) is 48.8 Å². The Hall–Kier alpha value is -1.20. The third-order valence-electron chi connectivity index (χ3n) is 3.14. The fraction of sp³-hybridized carbons (Fsp3) is 0.571. The molecule has 0 saturated heterocycles. The van der Waals surface area contributed by atoms with Crippen molar-refractivity contribution in [3.8, 4) is 0 Å². The number of hydrogen-bond acceptors (Lipinski definition) is 4. The van der Waals surface area contributed by atoms with Gasteiger partial charge in [-0.05, 0) is 19.8 Å². The van der Waals surface area contributed by atoms with E-state index < -0.39 is 0 Å². The van der Waals surface area contributed by atoms with Crippen molar-refractivity contribution in [2.75, 3.05) is 0 Å². The molecule has 0 aromatic carbocycles. The maximum atomic E-state index is 4.48. The highest BCUT2D eigenvalue weighted by Crippen LogP contribution is 2.20. The molecule has 2 aromatic heterocycles. The first kappa shape index (κ1) is 14.2. The van der Waals surface area contributed by atoms with Gasteiger partial charge in [-0.15, -0.1) is 11.3 Å². The number of hydrogen-bond donors (Lipinski definition) is 1. The Balaban J connectivity index is 1.92. The molecule has 19 heavy (non-hydrogen) atoms. The van der Waals surface area contributed by atoms with E-state index in [0.29, 0.717) is 0 Å². The van der Waals surface area contributed by atoms with Gasteiger partial charge in [-0.3, -0.25) is 0 Å². The average Bonchev–Trinajstić information content (AvgIpc) is 3.05. The topological polar surface area (TPSA) is 42.7 Å². The summed E-state index contributed by atoms with van der Waals surface area (Å²) in [5.41, 5.74) is 1.24. The van der Waals surface area contributed by atoms with Crippen LogP contribution in [0.5, 0.6) is 0 Å². The number of aromatic nitrogens is 3. The van der Waals surface area contributed by atoms with Crippen LogP contribution in [0.3, 0.4) is 0 Å². The number of imidazole rings is 1. The predicted octanol–water partition coefficient (Wildman–Crippen LogP) is 3.16. The smallest absolute Gasteiger partial charge is 0.109 e. The van der Waals surface area contributed by atoms with E-state index in [4.69, 9.17) is 0 Å². The molecule has 0 aliphatic heterocycles. The lowest BCUT2D eigenvalue weighted by atomic mass is 10.3. The molecule has 4 nitrogen and oxygen atoms in total. The number of nitrogens with one attached hydrogen (secondary N) is 1. The summed E-state index contributed by atoms with van der Waals surface area (Å²) >= 11 is 1.80. The molecule has 0 bridgehead atoms. The Labute approximate surface area is 118 Å². The SMILES string of the molecule is CCCn1cncc1CNC(C)c1ncc(CC)s1. The summed E-state index contributed by atoms with van der Waals surface area (Å²) in [7, 11) is 0.